The Labute approximate surface area is 159 Å². The smallest absolute Gasteiger partial charge is 0.274 e. The molecular formula is C19H28N6O2. The summed E-state index contributed by atoms with van der Waals surface area (Å²) in [5.41, 5.74) is 1.19. The van der Waals surface area contributed by atoms with E-state index in [0.717, 1.165) is 11.5 Å². The van der Waals surface area contributed by atoms with Gasteiger partial charge in [0.25, 0.3) is 5.91 Å². The van der Waals surface area contributed by atoms with Gasteiger partial charge in [0.2, 0.25) is 5.91 Å². The first-order valence-electron chi connectivity index (χ1n) is 9.18. The van der Waals surface area contributed by atoms with Crippen LogP contribution in [0.25, 0.3) is 0 Å². The Bertz CT molecular complexity index is 860. The van der Waals surface area contributed by atoms with Crippen molar-refractivity contribution in [3.63, 3.8) is 0 Å². The Morgan fingerprint density at radius 1 is 1.26 bits per heavy atom. The van der Waals surface area contributed by atoms with Crippen LogP contribution in [-0.4, -0.2) is 55.2 Å². The number of nitrogens with one attached hydrogen (secondary N) is 1. The first-order valence-corrected chi connectivity index (χ1v) is 9.18. The number of likely N-dealkylation sites (tertiary alicyclic amines) is 1. The standard InChI is InChI=1S/C19H28N6O2/c1-12-9-15(22-25(12)19(3,4)5)18(27)24-10-14(16(11-24)21-13(2)26)17-20-7-8-23(17)6/h7-9,14,16H,10-11H2,1-6H3,(H,21,26)/t14-,16-/m1/s1. The van der Waals surface area contributed by atoms with Gasteiger partial charge in [-0.1, -0.05) is 0 Å². The van der Waals surface area contributed by atoms with E-state index in [0.29, 0.717) is 18.8 Å². The van der Waals surface area contributed by atoms with Crippen molar-refractivity contribution in [3.05, 3.63) is 35.7 Å². The molecule has 0 unspecified atom stereocenters. The Balaban J connectivity index is 1.86. The molecule has 3 heterocycles. The molecular weight excluding hydrogens is 344 g/mol. The number of amides is 2. The number of carbonyl (C=O) groups is 2. The summed E-state index contributed by atoms with van der Waals surface area (Å²) in [6, 6.07) is 1.66. The number of nitrogens with zero attached hydrogens (tertiary/aromatic N) is 5. The van der Waals surface area contributed by atoms with E-state index in [-0.39, 0.29) is 29.3 Å². The summed E-state index contributed by atoms with van der Waals surface area (Å²) in [7, 11) is 1.92. The van der Waals surface area contributed by atoms with Gasteiger partial charge >= 0.3 is 0 Å². The minimum Gasteiger partial charge on any atom is -0.351 e. The molecule has 0 saturated carbocycles. The van der Waals surface area contributed by atoms with Crippen LogP contribution in [0.3, 0.4) is 0 Å². The van der Waals surface area contributed by atoms with E-state index in [2.05, 4.69) is 36.2 Å². The lowest BCUT2D eigenvalue weighted by Crippen LogP contribution is -2.39. The number of rotatable bonds is 3. The van der Waals surface area contributed by atoms with Crippen LogP contribution in [0.4, 0.5) is 0 Å². The highest BCUT2D eigenvalue weighted by Crippen LogP contribution is 2.28. The molecule has 0 spiro atoms. The molecule has 0 radical (unpaired) electrons. The fourth-order valence-electron chi connectivity index (χ4n) is 3.79. The third-order valence-electron chi connectivity index (χ3n) is 4.93. The van der Waals surface area contributed by atoms with Crippen LogP contribution in [0.15, 0.2) is 18.5 Å². The Kier molecular flexibility index (Phi) is 4.84. The molecule has 1 saturated heterocycles. The zero-order valence-corrected chi connectivity index (χ0v) is 16.9. The van der Waals surface area contributed by atoms with E-state index in [4.69, 9.17) is 0 Å². The van der Waals surface area contributed by atoms with Gasteiger partial charge in [-0.2, -0.15) is 5.10 Å². The molecule has 1 aliphatic heterocycles. The van der Waals surface area contributed by atoms with Gasteiger partial charge in [0.15, 0.2) is 5.69 Å². The van der Waals surface area contributed by atoms with Gasteiger partial charge < -0.3 is 14.8 Å². The Morgan fingerprint density at radius 3 is 2.48 bits per heavy atom. The van der Waals surface area contributed by atoms with Crippen LogP contribution < -0.4 is 5.32 Å². The second-order valence-corrected chi connectivity index (χ2v) is 8.27. The number of imidazole rings is 1. The summed E-state index contributed by atoms with van der Waals surface area (Å²) in [6.07, 6.45) is 3.61. The molecule has 0 aromatic carbocycles. The average Bonchev–Trinajstić information content (AvgIpc) is 3.24. The largest absolute Gasteiger partial charge is 0.351 e. The van der Waals surface area contributed by atoms with E-state index < -0.39 is 0 Å². The van der Waals surface area contributed by atoms with Crippen molar-refractivity contribution in [2.75, 3.05) is 13.1 Å². The summed E-state index contributed by atoms with van der Waals surface area (Å²) >= 11 is 0. The highest BCUT2D eigenvalue weighted by molar-refractivity contribution is 5.92. The zero-order chi connectivity index (χ0) is 19.9. The van der Waals surface area contributed by atoms with Gasteiger partial charge in [-0.15, -0.1) is 0 Å². The summed E-state index contributed by atoms with van der Waals surface area (Å²) < 4.78 is 3.81. The highest BCUT2D eigenvalue weighted by atomic mass is 16.2. The van der Waals surface area contributed by atoms with Gasteiger partial charge in [0, 0.05) is 45.1 Å². The van der Waals surface area contributed by atoms with E-state index in [1.54, 1.807) is 11.1 Å². The van der Waals surface area contributed by atoms with Gasteiger partial charge in [-0.3, -0.25) is 14.3 Å². The van der Waals surface area contributed by atoms with Crippen molar-refractivity contribution in [1.82, 2.24) is 29.5 Å². The fourth-order valence-corrected chi connectivity index (χ4v) is 3.79. The minimum atomic E-state index is -0.193. The maximum Gasteiger partial charge on any atom is 0.274 e. The first-order chi connectivity index (χ1) is 12.6. The zero-order valence-electron chi connectivity index (χ0n) is 16.9. The van der Waals surface area contributed by atoms with Crippen LogP contribution in [0, 0.1) is 6.92 Å². The second-order valence-electron chi connectivity index (χ2n) is 8.27. The lowest BCUT2D eigenvalue weighted by Gasteiger charge is -2.21. The maximum absolute atomic E-state index is 13.1. The molecule has 3 rings (SSSR count). The maximum atomic E-state index is 13.1. The van der Waals surface area contributed by atoms with Crippen LogP contribution >= 0.6 is 0 Å². The second kappa shape index (κ2) is 6.83. The third-order valence-corrected chi connectivity index (χ3v) is 4.93. The van der Waals surface area contributed by atoms with E-state index in [1.807, 2.05) is 35.5 Å². The Hall–Kier alpha value is -2.64. The van der Waals surface area contributed by atoms with Crippen molar-refractivity contribution in [1.29, 1.82) is 0 Å². The molecule has 2 atom stereocenters. The fraction of sp³-hybridized carbons (Fsp3) is 0.579. The predicted molar refractivity (Wildman–Crippen MR) is 101 cm³/mol. The van der Waals surface area contributed by atoms with Gasteiger partial charge in [0.05, 0.1) is 17.5 Å². The third kappa shape index (κ3) is 3.74. The SMILES string of the molecule is CC(=O)N[C@@H]1CN(C(=O)c2cc(C)n(C(C)(C)C)n2)C[C@H]1c1nccn1C. The molecule has 2 aromatic rings. The van der Waals surface area contributed by atoms with E-state index in [9.17, 15) is 9.59 Å². The van der Waals surface area contributed by atoms with Crippen LogP contribution in [-0.2, 0) is 17.4 Å². The molecule has 2 aromatic heterocycles. The molecule has 2 amide bonds. The minimum absolute atomic E-state index is 0.0522. The molecule has 0 bridgehead atoms. The Morgan fingerprint density at radius 2 is 1.96 bits per heavy atom. The summed E-state index contributed by atoms with van der Waals surface area (Å²) in [5, 5.41) is 7.51. The number of aromatic nitrogens is 4. The monoisotopic (exact) mass is 372 g/mol. The van der Waals surface area contributed by atoms with E-state index in [1.165, 1.54) is 6.92 Å². The number of hydrogen-bond acceptors (Lipinski definition) is 4. The highest BCUT2D eigenvalue weighted by Gasteiger charge is 2.39. The average molecular weight is 372 g/mol. The van der Waals surface area contributed by atoms with Crippen molar-refractivity contribution in [2.24, 2.45) is 7.05 Å². The lowest BCUT2D eigenvalue weighted by atomic mass is 10.0. The summed E-state index contributed by atoms with van der Waals surface area (Å²) in [6.45, 7) is 10.6. The van der Waals surface area contributed by atoms with Crippen LogP contribution in [0.1, 0.15) is 55.6 Å². The number of aryl methyl sites for hydroxylation is 2. The summed E-state index contributed by atoms with van der Waals surface area (Å²) in [5.74, 6) is 0.582. The van der Waals surface area contributed by atoms with Crippen molar-refractivity contribution in [3.8, 4) is 0 Å². The van der Waals surface area contributed by atoms with Crippen molar-refractivity contribution >= 4 is 11.8 Å². The molecule has 146 valence electrons. The molecule has 8 heteroatoms. The summed E-state index contributed by atoms with van der Waals surface area (Å²) in [4.78, 5) is 30.9. The van der Waals surface area contributed by atoms with Gasteiger partial charge in [0.1, 0.15) is 5.82 Å². The van der Waals surface area contributed by atoms with Gasteiger partial charge in [-0.25, -0.2) is 4.98 Å². The van der Waals surface area contributed by atoms with Crippen LogP contribution in [0.5, 0.6) is 0 Å². The number of hydrogen-bond donors (Lipinski definition) is 1. The van der Waals surface area contributed by atoms with E-state index >= 15 is 0 Å². The molecule has 27 heavy (non-hydrogen) atoms. The first kappa shape index (κ1) is 19.1. The topological polar surface area (TPSA) is 85.1 Å². The predicted octanol–water partition coefficient (Wildman–Crippen LogP) is 1.42. The lowest BCUT2D eigenvalue weighted by molar-refractivity contribution is -0.119. The molecule has 1 aliphatic rings. The van der Waals surface area contributed by atoms with Crippen molar-refractivity contribution in [2.45, 2.75) is 52.1 Å². The normalized spacial score (nSPS) is 20.1. The van der Waals surface area contributed by atoms with Crippen molar-refractivity contribution < 1.29 is 9.59 Å². The van der Waals surface area contributed by atoms with Gasteiger partial charge in [-0.05, 0) is 33.8 Å². The molecule has 1 N–H and O–H groups in total. The quantitative estimate of drug-likeness (QED) is 0.883. The van der Waals surface area contributed by atoms with Crippen LogP contribution in [0.2, 0.25) is 0 Å². The molecule has 0 aliphatic carbocycles. The molecule has 1 fully saturated rings. The molecule has 8 nitrogen and oxygen atoms in total. The number of carbonyl (C=O) groups excluding carboxylic acids is 2.